The van der Waals surface area contributed by atoms with Gasteiger partial charge in [0.1, 0.15) is 0 Å². The Morgan fingerprint density at radius 2 is 1.88 bits per heavy atom. The minimum absolute atomic E-state index is 0.175. The molecule has 0 aliphatic rings. The van der Waals surface area contributed by atoms with Crippen LogP contribution < -0.4 is 11.1 Å². The summed E-state index contributed by atoms with van der Waals surface area (Å²) in [5.74, 6) is -0.369. The van der Waals surface area contributed by atoms with Crippen molar-refractivity contribution in [1.29, 1.82) is 0 Å². The summed E-state index contributed by atoms with van der Waals surface area (Å²) >= 11 is 6.21. The van der Waals surface area contributed by atoms with Crippen molar-refractivity contribution < 1.29 is 9.59 Å². The minimum atomic E-state index is -0.195. The van der Waals surface area contributed by atoms with Crippen molar-refractivity contribution in [3.05, 3.63) is 64.7 Å². The van der Waals surface area contributed by atoms with Gasteiger partial charge < -0.3 is 16.0 Å². The summed E-state index contributed by atoms with van der Waals surface area (Å²) in [4.78, 5) is 26.3. The average molecular weight is 360 g/mol. The van der Waals surface area contributed by atoms with Gasteiger partial charge in [0.15, 0.2) is 0 Å². The number of anilines is 1. The van der Waals surface area contributed by atoms with Crippen LogP contribution >= 0.6 is 11.6 Å². The smallest absolute Gasteiger partial charge is 0.255 e. The van der Waals surface area contributed by atoms with Crippen molar-refractivity contribution in [2.24, 2.45) is 5.73 Å². The topological polar surface area (TPSA) is 75.4 Å². The minimum Gasteiger partial charge on any atom is -0.335 e. The molecule has 2 amide bonds. The highest BCUT2D eigenvalue weighted by Crippen LogP contribution is 2.23. The number of carbonyl (C=O) groups is 2. The molecule has 0 saturated heterocycles. The Morgan fingerprint density at radius 3 is 2.52 bits per heavy atom. The molecule has 0 aliphatic heterocycles. The third kappa shape index (κ3) is 5.31. The van der Waals surface area contributed by atoms with Gasteiger partial charge in [0, 0.05) is 31.7 Å². The Hall–Kier alpha value is -2.37. The molecule has 0 aliphatic carbocycles. The van der Waals surface area contributed by atoms with Gasteiger partial charge in [-0.25, -0.2) is 0 Å². The highest BCUT2D eigenvalue weighted by molar-refractivity contribution is 6.34. The van der Waals surface area contributed by atoms with Crippen LogP contribution in [-0.2, 0) is 11.3 Å². The second kappa shape index (κ2) is 9.20. The third-order valence-corrected chi connectivity index (χ3v) is 4.07. The van der Waals surface area contributed by atoms with E-state index in [0.29, 0.717) is 29.4 Å². The van der Waals surface area contributed by atoms with Gasteiger partial charge in [-0.15, -0.1) is 0 Å². The lowest BCUT2D eigenvalue weighted by Gasteiger charge is -2.22. The summed E-state index contributed by atoms with van der Waals surface area (Å²) in [6, 6.07) is 14.6. The normalized spacial score (nSPS) is 10.4. The molecule has 3 N–H and O–H groups in total. The Morgan fingerprint density at radius 1 is 1.16 bits per heavy atom. The number of carbonyl (C=O) groups excluding carboxylic acids is 2. The highest BCUT2D eigenvalue weighted by Gasteiger charge is 2.18. The van der Waals surface area contributed by atoms with Crippen molar-refractivity contribution in [2.45, 2.75) is 19.9 Å². The first-order valence-electron chi connectivity index (χ1n) is 8.17. The van der Waals surface area contributed by atoms with Crippen LogP contribution in [0.5, 0.6) is 0 Å². The van der Waals surface area contributed by atoms with Gasteiger partial charge >= 0.3 is 0 Å². The van der Waals surface area contributed by atoms with Crippen LogP contribution in [0, 0.1) is 0 Å². The average Bonchev–Trinajstić information content (AvgIpc) is 2.62. The number of hydrogen-bond donors (Lipinski definition) is 2. The standard InChI is InChI=1S/C19H22ClN3O2/c1-2-23(13-14-6-4-3-5-7-14)19(25)16-12-15(8-9-17(16)20)22-18(24)10-11-21/h3-9,12H,2,10-11,13,21H2,1H3,(H,22,24). The van der Waals surface area contributed by atoms with Crippen LogP contribution in [0.2, 0.25) is 5.02 Å². The molecule has 25 heavy (non-hydrogen) atoms. The Bertz CT molecular complexity index is 735. The lowest BCUT2D eigenvalue weighted by Crippen LogP contribution is -2.30. The number of rotatable bonds is 7. The quantitative estimate of drug-likeness (QED) is 0.796. The van der Waals surface area contributed by atoms with Crippen molar-refractivity contribution in [3.8, 4) is 0 Å². The van der Waals surface area contributed by atoms with E-state index in [0.717, 1.165) is 5.56 Å². The number of halogens is 1. The monoisotopic (exact) mass is 359 g/mol. The van der Waals surface area contributed by atoms with Crippen LogP contribution in [0.3, 0.4) is 0 Å². The molecule has 0 heterocycles. The molecule has 0 spiro atoms. The molecule has 0 unspecified atom stereocenters. The predicted molar refractivity (Wildman–Crippen MR) is 101 cm³/mol. The molecule has 0 radical (unpaired) electrons. The van der Waals surface area contributed by atoms with E-state index < -0.39 is 0 Å². The zero-order valence-electron chi connectivity index (χ0n) is 14.2. The Labute approximate surface area is 152 Å². The first-order valence-corrected chi connectivity index (χ1v) is 8.55. The maximum absolute atomic E-state index is 12.9. The maximum atomic E-state index is 12.9. The molecular formula is C19H22ClN3O2. The zero-order chi connectivity index (χ0) is 18.2. The summed E-state index contributed by atoms with van der Waals surface area (Å²) < 4.78 is 0. The number of benzene rings is 2. The molecule has 0 saturated carbocycles. The van der Waals surface area contributed by atoms with Gasteiger partial charge in [-0.05, 0) is 30.7 Å². The predicted octanol–water partition coefficient (Wildman–Crippen LogP) is 3.29. The van der Waals surface area contributed by atoms with Gasteiger partial charge in [-0.2, -0.15) is 0 Å². The third-order valence-electron chi connectivity index (χ3n) is 3.74. The SMILES string of the molecule is CCN(Cc1ccccc1)C(=O)c1cc(NC(=O)CCN)ccc1Cl. The van der Waals surface area contributed by atoms with E-state index in [9.17, 15) is 9.59 Å². The highest BCUT2D eigenvalue weighted by atomic mass is 35.5. The zero-order valence-corrected chi connectivity index (χ0v) is 14.9. The molecule has 132 valence electrons. The van der Waals surface area contributed by atoms with E-state index in [-0.39, 0.29) is 24.8 Å². The van der Waals surface area contributed by atoms with Crippen LogP contribution in [0.1, 0.15) is 29.3 Å². The molecule has 2 rings (SSSR count). The van der Waals surface area contributed by atoms with Gasteiger partial charge in [-0.3, -0.25) is 9.59 Å². The fourth-order valence-electron chi connectivity index (χ4n) is 2.42. The number of nitrogens with two attached hydrogens (primary N) is 1. The van der Waals surface area contributed by atoms with Crippen molar-refractivity contribution >= 4 is 29.1 Å². The van der Waals surface area contributed by atoms with Crippen LogP contribution in [0.4, 0.5) is 5.69 Å². The van der Waals surface area contributed by atoms with E-state index in [1.54, 1.807) is 23.1 Å². The summed E-state index contributed by atoms with van der Waals surface area (Å²) in [5.41, 5.74) is 7.31. The molecule has 0 aromatic heterocycles. The fourth-order valence-corrected chi connectivity index (χ4v) is 2.62. The lowest BCUT2D eigenvalue weighted by atomic mass is 10.1. The van der Waals surface area contributed by atoms with E-state index in [4.69, 9.17) is 17.3 Å². The molecule has 5 nitrogen and oxygen atoms in total. The van der Waals surface area contributed by atoms with Crippen molar-refractivity contribution in [2.75, 3.05) is 18.4 Å². The van der Waals surface area contributed by atoms with Crippen molar-refractivity contribution in [3.63, 3.8) is 0 Å². The lowest BCUT2D eigenvalue weighted by molar-refractivity contribution is -0.116. The Kier molecular flexibility index (Phi) is 6.98. The number of hydrogen-bond acceptors (Lipinski definition) is 3. The Balaban J connectivity index is 2.19. The number of nitrogens with zero attached hydrogens (tertiary/aromatic N) is 1. The maximum Gasteiger partial charge on any atom is 0.255 e. The molecule has 6 heteroatoms. The van der Waals surface area contributed by atoms with Crippen molar-refractivity contribution in [1.82, 2.24) is 4.90 Å². The molecule has 2 aromatic rings. The largest absolute Gasteiger partial charge is 0.335 e. The molecule has 0 bridgehead atoms. The molecule has 2 aromatic carbocycles. The van der Waals surface area contributed by atoms with E-state index in [1.807, 2.05) is 37.3 Å². The van der Waals surface area contributed by atoms with E-state index >= 15 is 0 Å². The van der Waals surface area contributed by atoms with E-state index in [1.165, 1.54) is 0 Å². The summed E-state index contributed by atoms with van der Waals surface area (Å²) in [5, 5.41) is 3.08. The first kappa shape index (κ1) is 19.0. The van der Waals surface area contributed by atoms with Gasteiger partial charge in [-0.1, -0.05) is 41.9 Å². The fraction of sp³-hybridized carbons (Fsp3) is 0.263. The summed E-state index contributed by atoms with van der Waals surface area (Å²) in [6.45, 7) is 3.23. The van der Waals surface area contributed by atoms with Crippen LogP contribution in [0.25, 0.3) is 0 Å². The molecule has 0 atom stereocenters. The second-order valence-corrected chi connectivity index (χ2v) is 5.99. The van der Waals surface area contributed by atoms with E-state index in [2.05, 4.69) is 5.32 Å². The van der Waals surface area contributed by atoms with Crippen LogP contribution in [0.15, 0.2) is 48.5 Å². The summed E-state index contributed by atoms with van der Waals surface area (Å²) in [6.07, 6.45) is 0.223. The molecule has 0 fully saturated rings. The van der Waals surface area contributed by atoms with Gasteiger partial charge in [0.2, 0.25) is 5.91 Å². The molecular weight excluding hydrogens is 338 g/mol. The second-order valence-electron chi connectivity index (χ2n) is 5.59. The first-order chi connectivity index (χ1) is 12.0. The van der Waals surface area contributed by atoms with Gasteiger partial charge in [0.25, 0.3) is 5.91 Å². The number of nitrogens with one attached hydrogen (secondary N) is 1. The van der Waals surface area contributed by atoms with Crippen LogP contribution in [-0.4, -0.2) is 29.8 Å². The number of amides is 2. The van der Waals surface area contributed by atoms with Gasteiger partial charge in [0.05, 0.1) is 10.6 Å². The summed E-state index contributed by atoms with van der Waals surface area (Å²) in [7, 11) is 0.